The van der Waals surface area contributed by atoms with Crippen LogP contribution in [0.2, 0.25) is 0 Å². The maximum absolute atomic E-state index is 11.3. The molecule has 0 aliphatic heterocycles. The molecule has 0 saturated heterocycles. The van der Waals surface area contributed by atoms with Crippen molar-refractivity contribution in [3.8, 4) is 0 Å². The summed E-state index contributed by atoms with van der Waals surface area (Å²) in [6, 6.07) is 0. The second kappa shape index (κ2) is 8.21. The van der Waals surface area contributed by atoms with Gasteiger partial charge in [0.1, 0.15) is 5.78 Å². The van der Waals surface area contributed by atoms with Crippen LogP contribution in [0.4, 0.5) is 0 Å². The van der Waals surface area contributed by atoms with Gasteiger partial charge in [-0.05, 0) is 19.8 Å². The van der Waals surface area contributed by atoms with Gasteiger partial charge in [-0.15, -0.1) is 13.2 Å². The topological polar surface area (TPSA) is 43.4 Å². The van der Waals surface area contributed by atoms with Crippen LogP contribution in [0, 0.1) is 5.92 Å². The maximum Gasteiger partial charge on any atom is 0.306 e. The van der Waals surface area contributed by atoms with E-state index < -0.39 is 0 Å². The molecule has 0 radical (unpaired) electrons. The van der Waals surface area contributed by atoms with Gasteiger partial charge in [-0.25, -0.2) is 0 Å². The van der Waals surface area contributed by atoms with Crippen molar-refractivity contribution in [1.29, 1.82) is 0 Å². The molecule has 1 atom stereocenters. The van der Waals surface area contributed by atoms with Gasteiger partial charge in [0.15, 0.2) is 0 Å². The van der Waals surface area contributed by atoms with E-state index in [4.69, 9.17) is 4.74 Å². The summed E-state index contributed by atoms with van der Waals surface area (Å²) in [4.78, 5) is 22.4. The van der Waals surface area contributed by atoms with Gasteiger partial charge in [0, 0.05) is 12.3 Å². The van der Waals surface area contributed by atoms with Crippen molar-refractivity contribution in [1.82, 2.24) is 0 Å². The molecule has 0 N–H and O–H groups in total. The van der Waals surface area contributed by atoms with Gasteiger partial charge in [0.05, 0.1) is 13.0 Å². The molecule has 3 heteroatoms. The first kappa shape index (κ1) is 13.9. The highest BCUT2D eigenvalue weighted by atomic mass is 16.5. The van der Waals surface area contributed by atoms with Crippen LogP contribution >= 0.6 is 0 Å². The maximum atomic E-state index is 11.3. The molecule has 15 heavy (non-hydrogen) atoms. The summed E-state index contributed by atoms with van der Waals surface area (Å²) in [5, 5.41) is 0. The molecule has 0 aromatic carbocycles. The fourth-order valence-electron chi connectivity index (χ4n) is 1.69. The molecule has 0 amide bonds. The van der Waals surface area contributed by atoms with Gasteiger partial charge in [-0.1, -0.05) is 6.42 Å². The lowest BCUT2D eigenvalue weighted by atomic mass is 9.86. The molecule has 0 bridgehead atoms. The predicted octanol–water partition coefficient (Wildman–Crippen LogP) is 2.50. The molecule has 1 aliphatic rings. The first-order chi connectivity index (χ1) is 7.24. The van der Waals surface area contributed by atoms with E-state index in [0.717, 1.165) is 19.3 Å². The number of ketones is 1. The van der Waals surface area contributed by atoms with Crippen LogP contribution in [0.15, 0.2) is 13.2 Å². The molecular weight excluding hydrogens is 192 g/mol. The van der Waals surface area contributed by atoms with E-state index in [0.29, 0.717) is 13.0 Å². The SMILES string of the molecule is C=C.CCOC(=O)CC1CCCCC1=O. The highest BCUT2D eigenvalue weighted by Crippen LogP contribution is 2.23. The van der Waals surface area contributed by atoms with Crippen molar-refractivity contribution in [2.75, 3.05) is 6.61 Å². The lowest BCUT2D eigenvalue weighted by molar-refractivity contribution is -0.146. The summed E-state index contributed by atoms with van der Waals surface area (Å²) in [5.41, 5.74) is 0. The van der Waals surface area contributed by atoms with Gasteiger partial charge in [-0.2, -0.15) is 0 Å². The second-order valence-electron chi connectivity index (χ2n) is 3.42. The van der Waals surface area contributed by atoms with Crippen molar-refractivity contribution in [2.24, 2.45) is 5.92 Å². The Hall–Kier alpha value is -1.12. The molecule has 0 spiro atoms. The molecular formula is C12H20O3. The van der Waals surface area contributed by atoms with Crippen molar-refractivity contribution < 1.29 is 14.3 Å². The number of ether oxygens (including phenoxy) is 1. The third-order valence-electron chi connectivity index (χ3n) is 2.40. The molecule has 86 valence electrons. The molecule has 1 saturated carbocycles. The van der Waals surface area contributed by atoms with Crippen molar-refractivity contribution in [3.05, 3.63) is 13.2 Å². The van der Waals surface area contributed by atoms with Gasteiger partial charge in [0.25, 0.3) is 0 Å². The lowest BCUT2D eigenvalue weighted by Crippen LogP contribution is -2.22. The Labute approximate surface area is 91.5 Å². The monoisotopic (exact) mass is 212 g/mol. The Morgan fingerprint density at radius 3 is 2.67 bits per heavy atom. The fraction of sp³-hybridized carbons (Fsp3) is 0.667. The molecule has 0 heterocycles. The second-order valence-corrected chi connectivity index (χ2v) is 3.42. The molecule has 3 nitrogen and oxygen atoms in total. The molecule has 0 aromatic heterocycles. The summed E-state index contributed by atoms with van der Waals surface area (Å²) in [5.74, 6) is -0.0603. The van der Waals surface area contributed by atoms with Crippen LogP contribution < -0.4 is 0 Å². The van der Waals surface area contributed by atoms with Crippen LogP contribution in [0.3, 0.4) is 0 Å². The highest BCUT2D eigenvalue weighted by molar-refractivity contribution is 5.85. The van der Waals surface area contributed by atoms with Gasteiger partial charge in [0.2, 0.25) is 0 Å². The quantitative estimate of drug-likeness (QED) is 0.533. The Balaban J connectivity index is 0.000000921. The minimum absolute atomic E-state index is 0.0622. The Morgan fingerprint density at radius 2 is 2.13 bits per heavy atom. The molecule has 1 aliphatic carbocycles. The summed E-state index contributed by atoms with van der Waals surface area (Å²) in [6.07, 6.45) is 3.84. The van der Waals surface area contributed by atoms with Crippen LogP contribution in [-0.2, 0) is 14.3 Å². The first-order valence-electron chi connectivity index (χ1n) is 5.42. The van der Waals surface area contributed by atoms with Gasteiger partial charge >= 0.3 is 5.97 Å². The van der Waals surface area contributed by atoms with E-state index in [1.807, 2.05) is 0 Å². The van der Waals surface area contributed by atoms with E-state index in [9.17, 15) is 9.59 Å². The molecule has 1 fully saturated rings. The molecule has 1 unspecified atom stereocenters. The largest absolute Gasteiger partial charge is 0.466 e. The van der Waals surface area contributed by atoms with Crippen molar-refractivity contribution >= 4 is 11.8 Å². The van der Waals surface area contributed by atoms with E-state index in [-0.39, 0.29) is 24.1 Å². The van der Waals surface area contributed by atoms with Crippen molar-refractivity contribution in [3.63, 3.8) is 0 Å². The minimum atomic E-state index is -0.234. The molecule has 1 rings (SSSR count). The summed E-state index contributed by atoms with van der Waals surface area (Å²) in [7, 11) is 0. The molecule has 0 aromatic rings. The van der Waals surface area contributed by atoms with Crippen LogP contribution in [-0.4, -0.2) is 18.4 Å². The number of hydrogen-bond donors (Lipinski definition) is 0. The average Bonchev–Trinajstić information content (AvgIpc) is 2.25. The van der Waals surface area contributed by atoms with Gasteiger partial charge in [-0.3, -0.25) is 9.59 Å². The lowest BCUT2D eigenvalue weighted by Gasteiger charge is -2.19. The number of Topliss-reactive ketones (excluding diaryl/α,β-unsaturated/α-hetero) is 1. The highest BCUT2D eigenvalue weighted by Gasteiger charge is 2.24. The van der Waals surface area contributed by atoms with E-state index >= 15 is 0 Å². The average molecular weight is 212 g/mol. The van der Waals surface area contributed by atoms with E-state index in [1.165, 1.54) is 0 Å². The number of carbonyl (C=O) groups is 2. The van der Waals surface area contributed by atoms with Gasteiger partial charge < -0.3 is 4.74 Å². The summed E-state index contributed by atoms with van der Waals surface area (Å²) in [6.45, 7) is 8.18. The number of carbonyl (C=O) groups excluding carboxylic acids is 2. The zero-order chi connectivity index (χ0) is 11.7. The fourth-order valence-corrected chi connectivity index (χ4v) is 1.69. The van der Waals surface area contributed by atoms with Crippen LogP contribution in [0.1, 0.15) is 39.0 Å². The summed E-state index contributed by atoms with van der Waals surface area (Å²) < 4.78 is 4.80. The summed E-state index contributed by atoms with van der Waals surface area (Å²) >= 11 is 0. The van der Waals surface area contributed by atoms with E-state index in [2.05, 4.69) is 13.2 Å². The third kappa shape index (κ3) is 5.35. The Bertz CT molecular complexity index is 211. The first-order valence-corrected chi connectivity index (χ1v) is 5.42. The Kier molecular flexibility index (Phi) is 7.60. The zero-order valence-electron chi connectivity index (χ0n) is 9.46. The van der Waals surface area contributed by atoms with Crippen LogP contribution in [0.25, 0.3) is 0 Å². The van der Waals surface area contributed by atoms with Crippen molar-refractivity contribution in [2.45, 2.75) is 39.0 Å². The smallest absolute Gasteiger partial charge is 0.306 e. The number of hydrogen-bond acceptors (Lipinski definition) is 3. The standard InChI is InChI=1S/C10H16O3.C2H4/c1-2-13-10(12)7-8-5-3-4-6-9(8)11;1-2/h8H,2-7H2,1H3;1-2H2. The number of rotatable bonds is 3. The Morgan fingerprint density at radius 1 is 1.47 bits per heavy atom. The van der Waals surface area contributed by atoms with Crippen LogP contribution in [0.5, 0.6) is 0 Å². The zero-order valence-corrected chi connectivity index (χ0v) is 9.46. The van der Waals surface area contributed by atoms with E-state index in [1.54, 1.807) is 6.92 Å². The predicted molar refractivity (Wildman–Crippen MR) is 59.5 cm³/mol. The minimum Gasteiger partial charge on any atom is -0.466 e. The number of esters is 1. The third-order valence-corrected chi connectivity index (χ3v) is 2.40. The normalized spacial score (nSPS) is 20.1.